The Hall–Kier alpha value is -1.09. The SMILES string of the molecule is CNCc1cnc(C)cc1N1CCCC(C(C)C)CC1. The molecule has 0 spiro atoms. The van der Waals surface area contributed by atoms with E-state index < -0.39 is 0 Å². The zero-order valence-electron chi connectivity index (χ0n) is 13.4. The van der Waals surface area contributed by atoms with E-state index >= 15 is 0 Å². The van der Waals surface area contributed by atoms with Crippen LogP contribution in [-0.2, 0) is 6.54 Å². The van der Waals surface area contributed by atoms with Gasteiger partial charge in [0.25, 0.3) is 0 Å². The van der Waals surface area contributed by atoms with Crippen molar-refractivity contribution in [3.8, 4) is 0 Å². The lowest BCUT2D eigenvalue weighted by molar-refractivity contribution is 0.351. The number of hydrogen-bond donors (Lipinski definition) is 1. The molecule has 20 heavy (non-hydrogen) atoms. The predicted molar refractivity (Wildman–Crippen MR) is 86.1 cm³/mol. The lowest BCUT2D eigenvalue weighted by Gasteiger charge is -2.26. The van der Waals surface area contributed by atoms with Crippen LogP contribution < -0.4 is 10.2 Å². The maximum Gasteiger partial charge on any atom is 0.0445 e. The Balaban J connectivity index is 2.16. The van der Waals surface area contributed by atoms with Crippen LogP contribution in [0.2, 0.25) is 0 Å². The molecule has 112 valence electrons. The fourth-order valence-corrected chi connectivity index (χ4v) is 3.22. The Morgan fingerprint density at radius 3 is 2.85 bits per heavy atom. The van der Waals surface area contributed by atoms with E-state index in [2.05, 4.69) is 42.0 Å². The third kappa shape index (κ3) is 3.72. The average Bonchev–Trinajstić information content (AvgIpc) is 2.67. The Labute approximate surface area is 123 Å². The monoisotopic (exact) mass is 275 g/mol. The lowest BCUT2D eigenvalue weighted by atomic mass is 9.89. The first-order valence-corrected chi connectivity index (χ1v) is 7.97. The topological polar surface area (TPSA) is 28.2 Å². The summed E-state index contributed by atoms with van der Waals surface area (Å²) in [7, 11) is 2.00. The quantitative estimate of drug-likeness (QED) is 0.913. The molecule has 0 radical (unpaired) electrons. The first-order chi connectivity index (χ1) is 9.61. The molecule has 0 aliphatic carbocycles. The third-order valence-corrected chi connectivity index (χ3v) is 4.52. The summed E-state index contributed by atoms with van der Waals surface area (Å²) >= 11 is 0. The van der Waals surface area contributed by atoms with Gasteiger partial charge >= 0.3 is 0 Å². The van der Waals surface area contributed by atoms with Crippen LogP contribution in [0.4, 0.5) is 5.69 Å². The molecule has 2 heterocycles. The molecule has 2 rings (SSSR count). The minimum absolute atomic E-state index is 0.811. The van der Waals surface area contributed by atoms with Crippen LogP contribution >= 0.6 is 0 Å². The second kappa shape index (κ2) is 7.07. The van der Waals surface area contributed by atoms with Crippen molar-refractivity contribution in [3.63, 3.8) is 0 Å². The van der Waals surface area contributed by atoms with E-state index in [1.165, 1.54) is 43.6 Å². The molecular weight excluding hydrogens is 246 g/mol. The Morgan fingerprint density at radius 1 is 1.35 bits per heavy atom. The molecule has 3 nitrogen and oxygen atoms in total. The third-order valence-electron chi connectivity index (χ3n) is 4.52. The highest BCUT2D eigenvalue weighted by Crippen LogP contribution is 2.29. The van der Waals surface area contributed by atoms with Gasteiger partial charge in [-0.05, 0) is 51.1 Å². The normalized spacial score (nSPS) is 20.2. The molecule has 0 aromatic carbocycles. The number of rotatable bonds is 4. The molecule has 1 saturated heterocycles. The standard InChI is InChI=1S/C17H29N3/c1-13(2)15-6-5-8-20(9-7-15)17-10-14(3)19-12-16(17)11-18-4/h10,12-13,15,18H,5-9,11H2,1-4H3. The first kappa shape index (κ1) is 15.3. The summed E-state index contributed by atoms with van der Waals surface area (Å²) in [5.41, 5.74) is 3.82. The second-order valence-corrected chi connectivity index (χ2v) is 6.41. The van der Waals surface area contributed by atoms with Gasteiger partial charge in [0.1, 0.15) is 0 Å². The molecule has 1 unspecified atom stereocenters. The van der Waals surface area contributed by atoms with E-state index in [1.54, 1.807) is 0 Å². The fraction of sp³-hybridized carbons (Fsp3) is 0.706. The van der Waals surface area contributed by atoms with E-state index in [0.29, 0.717) is 0 Å². The molecule has 1 atom stereocenters. The first-order valence-electron chi connectivity index (χ1n) is 7.97. The maximum absolute atomic E-state index is 4.45. The summed E-state index contributed by atoms with van der Waals surface area (Å²) in [6.07, 6.45) is 6.03. The molecule has 1 N–H and O–H groups in total. The van der Waals surface area contributed by atoms with Crippen LogP contribution in [0, 0.1) is 18.8 Å². The van der Waals surface area contributed by atoms with E-state index in [1.807, 2.05) is 13.2 Å². The van der Waals surface area contributed by atoms with Gasteiger partial charge in [-0.2, -0.15) is 0 Å². The largest absolute Gasteiger partial charge is 0.371 e. The number of hydrogen-bond acceptors (Lipinski definition) is 3. The minimum atomic E-state index is 0.811. The highest BCUT2D eigenvalue weighted by molar-refractivity contribution is 5.53. The van der Waals surface area contributed by atoms with Gasteiger partial charge in [-0.25, -0.2) is 0 Å². The second-order valence-electron chi connectivity index (χ2n) is 6.41. The molecule has 0 bridgehead atoms. The molecule has 1 aliphatic heterocycles. The Kier molecular flexibility index (Phi) is 5.41. The Morgan fingerprint density at radius 2 is 2.15 bits per heavy atom. The Bertz CT molecular complexity index is 428. The molecule has 1 aliphatic rings. The highest BCUT2D eigenvalue weighted by atomic mass is 15.1. The maximum atomic E-state index is 4.45. The van der Waals surface area contributed by atoms with Crippen molar-refractivity contribution in [3.05, 3.63) is 23.5 Å². The van der Waals surface area contributed by atoms with Crippen molar-refractivity contribution in [1.29, 1.82) is 0 Å². The van der Waals surface area contributed by atoms with Crippen LogP contribution in [0.15, 0.2) is 12.3 Å². The summed E-state index contributed by atoms with van der Waals surface area (Å²) in [5, 5.41) is 3.26. The zero-order valence-corrected chi connectivity index (χ0v) is 13.4. The highest BCUT2D eigenvalue weighted by Gasteiger charge is 2.21. The summed E-state index contributed by atoms with van der Waals surface area (Å²) in [5.74, 6) is 1.70. The summed E-state index contributed by atoms with van der Waals surface area (Å²) in [6.45, 7) is 10.1. The van der Waals surface area contributed by atoms with E-state index in [-0.39, 0.29) is 0 Å². The van der Waals surface area contributed by atoms with Gasteiger partial charge in [0.05, 0.1) is 0 Å². The molecule has 1 aromatic heterocycles. The molecular formula is C17H29N3. The number of anilines is 1. The van der Waals surface area contributed by atoms with Gasteiger partial charge in [-0.15, -0.1) is 0 Å². The summed E-state index contributed by atoms with van der Waals surface area (Å²) in [4.78, 5) is 7.03. The molecule has 0 saturated carbocycles. The van der Waals surface area contributed by atoms with Crippen LogP contribution in [0.1, 0.15) is 44.4 Å². The average molecular weight is 275 g/mol. The van der Waals surface area contributed by atoms with Gasteiger partial charge in [-0.1, -0.05) is 13.8 Å². The number of aromatic nitrogens is 1. The number of pyridine rings is 1. The summed E-state index contributed by atoms with van der Waals surface area (Å²) in [6, 6.07) is 2.25. The van der Waals surface area contributed by atoms with Crippen LogP contribution in [0.3, 0.4) is 0 Å². The molecule has 1 aromatic rings. The van der Waals surface area contributed by atoms with Gasteiger partial charge in [0.2, 0.25) is 0 Å². The molecule has 3 heteroatoms. The zero-order chi connectivity index (χ0) is 14.5. The van der Waals surface area contributed by atoms with E-state index in [9.17, 15) is 0 Å². The predicted octanol–water partition coefficient (Wildman–Crippen LogP) is 3.37. The fourth-order valence-electron chi connectivity index (χ4n) is 3.22. The van der Waals surface area contributed by atoms with Gasteiger partial charge in [-0.3, -0.25) is 4.98 Å². The van der Waals surface area contributed by atoms with Crippen molar-refractivity contribution in [2.45, 2.75) is 46.6 Å². The minimum Gasteiger partial charge on any atom is -0.371 e. The number of nitrogens with zero attached hydrogens (tertiary/aromatic N) is 2. The van der Waals surface area contributed by atoms with E-state index in [0.717, 1.165) is 24.1 Å². The van der Waals surface area contributed by atoms with Crippen molar-refractivity contribution in [2.24, 2.45) is 11.8 Å². The van der Waals surface area contributed by atoms with E-state index in [4.69, 9.17) is 0 Å². The van der Waals surface area contributed by atoms with Crippen molar-refractivity contribution in [1.82, 2.24) is 10.3 Å². The van der Waals surface area contributed by atoms with Crippen LogP contribution in [0.5, 0.6) is 0 Å². The smallest absolute Gasteiger partial charge is 0.0445 e. The van der Waals surface area contributed by atoms with Crippen molar-refractivity contribution >= 4 is 5.69 Å². The van der Waals surface area contributed by atoms with Gasteiger partial charge < -0.3 is 10.2 Å². The summed E-state index contributed by atoms with van der Waals surface area (Å²) < 4.78 is 0. The number of nitrogens with one attached hydrogen (secondary N) is 1. The van der Waals surface area contributed by atoms with Crippen molar-refractivity contribution in [2.75, 3.05) is 25.0 Å². The van der Waals surface area contributed by atoms with Crippen LogP contribution in [0.25, 0.3) is 0 Å². The molecule has 1 fully saturated rings. The van der Waals surface area contributed by atoms with Gasteiger partial charge in [0.15, 0.2) is 0 Å². The lowest BCUT2D eigenvalue weighted by Crippen LogP contribution is -2.26. The number of aryl methyl sites for hydroxylation is 1. The van der Waals surface area contributed by atoms with Crippen molar-refractivity contribution < 1.29 is 0 Å². The molecule has 0 amide bonds. The van der Waals surface area contributed by atoms with Crippen LogP contribution in [-0.4, -0.2) is 25.1 Å². The van der Waals surface area contributed by atoms with Gasteiger partial charge in [0, 0.05) is 42.8 Å².